The van der Waals surface area contributed by atoms with Gasteiger partial charge < -0.3 is 18.9 Å². The highest BCUT2D eigenvalue weighted by atomic mass is 31.1. The number of methoxy groups -OCH3 is 1. The van der Waals surface area contributed by atoms with E-state index in [1.54, 1.807) is 7.11 Å². The summed E-state index contributed by atoms with van der Waals surface area (Å²) in [5.41, 5.74) is 2.48. The number of likely N-dealkylation sites (tertiary alicyclic amines) is 1. The fourth-order valence-electron chi connectivity index (χ4n) is 5.73. The Balaban J connectivity index is 1.65. The standard InChI is InChI=1S/C20H26NO5P/c1-4-24-27(22)26-16-8-6-13-14-11-12-5-7-15(23-3)18-17(12)20(13,19(16)25-18)9-10-21(14)2/h5-8,13-14,16,19,27H,4,9-11H2,1-3H3/t13-,14+,16-,19-,20-/m0/s1. The van der Waals surface area contributed by atoms with E-state index < -0.39 is 8.25 Å². The molecule has 6 nitrogen and oxygen atoms in total. The van der Waals surface area contributed by atoms with Crippen molar-refractivity contribution in [3.8, 4) is 11.5 Å². The summed E-state index contributed by atoms with van der Waals surface area (Å²) in [6.07, 6.45) is 5.71. The van der Waals surface area contributed by atoms with Crippen molar-refractivity contribution in [1.82, 2.24) is 4.90 Å². The molecule has 4 aliphatic rings. The predicted molar refractivity (Wildman–Crippen MR) is 102 cm³/mol. The molecule has 1 aromatic rings. The van der Waals surface area contributed by atoms with Gasteiger partial charge in [0.1, 0.15) is 12.2 Å². The maximum absolute atomic E-state index is 12.2. The third-order valence-electron chi connectivity index (χ3n) is 6.83. The molecule has 2 aliphatic carbocycles. The van der Waals surface area contributed by atoms with Gasteiger partial charge in [-0.25, -0.2) is 0 Å². The molecule has 0 N–H and O–H groups in total. The molecule has 0 aromatic heterocycles. The van der Waals surface area contributed by atoms with Crippen LogP contribution in [0.5, 0.6) is 11.5 Å². The SMILES string of the molecule is CCO[PH](=O)O[C@H]1C=C[C@H]2[C@H]3Cc4ccc(OC)c5c4[C@@]2(CCN3C)[C@H]1O5. The Morgan fingerprint density at radius 3 is 3.00 bits per heavy atom. The van der Waals surface area contributed by atoms with Crippen molar-refractivity contribution in [3.05, 3.63) is 35.4 Å². The van der Waals surface area contributed by atoms with Gasteiger partial charge in [0, 0.05) is 22.9 Å². The zero-order valence-corrected chi connectivity index (χ0v) is 16.9. The van der Waals surface area contributed by atoms with Gasteiger partial charge >= 0.3 is 8.25 Å². The number of benzene rings is 1. The second-order valence-electron chi connectivity index (χ2n) is 7.89. The van der Waals surface area contributed by atoms with Gasteiger partial charge in [-0.1, -0.05) is 18.2 Å². The minimum atomic E-state index is -2.55. The van der Waals surface area contributed by atoms with Gasteiger partial charge in [-0.2, -0.15) is 0 Å². The van der Waals surface area contributed by atoms with E-state index in [2.05, 4.69) is 24.1 Å². The van der Waals surface area contributed by atoms with Gasteiger partial charge in [0.2, 0.25) is 0 Å². The van der Waals surface area contributed by atoms with Crippen molar-refractivity contribution in [3.63, 3.8) is 0 Å². The minimum Gasteiger partial charge on any atom is -0.493 e. The van der Waals surface area contributed by atoms with Crippen molar-refractivity contribution in [1.29, 1.82) is 0 Å². The molecule has 0 radical (unpaired) electrons. The number of ether oxygens (including phenoxy) is 2. The van der Waals surface area contributed by atoms with Crippen LogP contribution >= 0.6 is 8.25 Å². The molecule has 0 amide bonds. The highest BCUT2D eigenvalue weighted by Gasteiger charge is 2.64. The maximum Gasteiger partial charge on any atom is 0.319 e. The number of nitrogens with zero attached hydrogens (tertiary/aromatic N) is 1. The van der Waals surface area contributed by atoms with E-state index in [0.29, 0.717) is 18.6 Å². The summed E-state index contributed by atoms with van der Waals surface area (Å²) in [5.74, 6) is 1.97. The summed E-state index contributed by atoms with van der Waals surface area (Å²) in [7, 11) is 1.34. The Hall–Kier alpha value is -1.33. The molecule has 1 spiro atoms. The quantitative estimate of drug-likeness (QED) is 0.568. The summed E-state index contributed by atoms with van der Waals surface area (Å²) in [4.78, 5) is 2.46. The Morgan fingerprint density at radius 1 is 1.37 bits per heavy atom. The predicted octanol–water partition coefficient (Wildman–Crippen LogP) is 2.95. The lowest BCUT2D eigenvalue weighted by molar-refractivity contribution is -0.0395. The van der Waals surface area contributed by atoms with Crippen LogP contribution in [0.3, 0.4) is 0 Å². The first-order valence-electron chi connectivity index (χ1n) is 9.69. The lowest BCUT2D eigenvalue weighted by Gasteiger charge is -2.56. The van der Waals surface area contributed by atoms with Gasteiger partial charge in [0.25, 0.3) is 0 Å². The van der Waals surface area contributed by atoms with Crippen LogP contribution in [0.2, 0.25) is 0 Å². The normalized spacial score (nSPS) is 36.9. The fraction of sp³-hybridized carbons (Fsp3) is 0.600. The lowest BCUT2D eigenvalue weighted by Crippen LogP contribution is -2.64. The summed E-state index contributed by atoms with van der Waals surface area (Å²) >= 11 is 0. The minimum absolute atomic E-state index is 0.150. The molecule has 2 heterocycles. The number of hydrogen-bond acceptors (Lipinski definition) is 6. The van der Waals surface area contributed by atoms with Crippen LogP contribution in [0, 0.1) is 5.92 Å². The molecule has 27 heavy (non-hydrogen) atoms. The first kappa shape index (κ1) is 17.7. The first-order valence-corrected chi connectivity index (χ1v) is 10.9. The molecular formula is C20H26NO5P. The van der Waals surface area contributed by atoms with Crippen LogP contribution in [0.4, 0.5) is 0 Å². The Labute approximate surface area is 160 Å². The highest BCUT2D eigenvalue weighted by molar-refractivity contribution is 7.33. The molecule has 7 heteroatoms. The van der Waals surface area contributed by atoms with Crippen LogP contribution in [-0.4, -0.2) is 50.5 Å². The average Bonchev–Trinajstić information content (AvgIpc) is 3.01. The van der Waals surface area contributed by atoms with E-state index >= 15 is 0 Å². The number of hydrogen-bond donors (Lipinski definition) is 0. The van der Waals surface area contributed by atoms with Crippen LogP contribution < -0.4 is 9.47 Å². The molecule has 2 aliphatic heterocycles. The van der Waals surface area contributed by atoms with Gasteiger partial charge in [0.15, 0.2) is 11.5 Å². The second-order valence-corrected chi connectivity index (χ2v) is 8.91. The van der Waals surface area contributed by atoms with E-state index in [9.17, 15) is 4.57 Å². The molecule has 2 bridgehead atoms. The topological polar surface area (TPSA) is 57.2 Å². The van der Waals surface area contributed by atoms with Crippen molar-refractivity contribution in [2.75, 3.05) is 27.3 Å². The second kappa shape index (κ2) is 6.35. The largest absolute Gasteiger partial charge is 0.493 e. The molecule has 5 rings (SSSR count). The highest BCUT2D eigenvalue weighted by Crippen LogP contribution is 2.63. The summed E-state index contributed by atoms with van der Waals surface area (Å²) in [6, 6.07) is 4.63. The number of piperidine rings is 1. The monoisotopic (exact) mass is 391 g/mol. The average molecular weight is 391 g/mol. The van der Waals surface area contributed by atoms with Crippen LogP contribution in [0.1, 0.15) is 24.5 Å². The third kappa shape index (κ3) is 2.34. The van der Waals surface area contributed by atoms with E-state index in [-0.39, 0.29) is 17.6 Å². The fourth-order valence-corrected chi connectivity index (χ4v) is 6.46. The van der Waals surface area contributed by atoms with Gasteiger partial charge in [-0.05, 0) is 45.0 Å². The smallest absolute Gasteiger partial charge is 0.319 e. The maximum atomic E-state index is 12.2. The summed E-state index contributed by atoms with van der Waals surface area (Å²) in [5, 5.41) is 0. The third-order valence-corrected chi connectivity index (χ3v) is 7.82. The van der Waals surface area contributed by atoms with Gasteiger partial charge in [-0.3, -0.25) is 9.09 Å². The molecule has 1 fully saturated rings. The molecule has 1 saturated heterocycles. The van der Waals surface area contributed by atoms with E-state index in [1.165, 1.54) is 11.1 Å². The van der Waals surface area contributed by atoms with Crippen LogP contribution in [0.25, 0.3) is 0 Å². The lowest BCUT2D eigenvalue weighted by atomic mass is 9.53. The number of rotatable bonds is 5. The molecule has 1 unspecified atom stereocenters. The van der Waals surface area contributed by atoms with Crippen molar-refractivity contribution < 1.29 is 23.1 Å². The Morgan fingerprint density at radius 2 is 2.22 bits per heavy atom. The van der Waals surface area contributed by atoms with Gasteiger partial charge in [-0.15, -0.1) is 0 Å². The molecule has 146 valence electrons. The van der Waals surface area contributed by atoms with Gasteiger partial charge in [0.05, 0.1) is 13.7 Å². The Bertz CT molecular complexity index is 827. The van der Waals surface area contributed by atoms with Crippen molar-refractivity contribution in [2.45, 2.75) is 43.4 Å². The van der Waals surface area contributed by atoms with E-state index in [4.69, 9.17) is 18.5 Å². The zero-order chi connectivity index (χ0) is 18.8. The summed E-state index contributed by atoms with van der Waals surface area (Å²) in [6.45, 7) is 3.20. The van der Waals surface area contributed by atoms with E-state index in [1.807, 2.05) is 19.1 Å². The molecular weight excluding hydrogens is 365 g/mol. The summed E-state index contributed by atoms with van der Waals surface area (Å²) < 4.78 is 35.4. The Kier molecular flexibility index (Phi) is 4.17. The molecule has 1 aromatic carbocycles. The van der Waals surface area contributed by atoms with Crippen LogP contribution in [-0.2, 0) is 25.4 Å². The van der Waals surface area contributed by atoms with Crippen LogP contribution in [0.15, 0.2) is 24.3 Å². The first-order chi connectivity index (χ1) is 13.1. The van der Waals surface area contributed by atoms with Crippen molar-refractivity contribution >= 4 is 8.25 Å². The number of likely N-dealkylation sites (N-methyl/N-ethyl adjacent to an activating group) is 1. The van der Waals surface area contributed by atoms with E-state index in [0.717, 1.165) is 30.9 Å². The molecule has 6 atom stereocenters. The van der Waals surface area contributed by atoms with Crippen molar-refractivity contribution in [2.24, 2.45) is 5.92 Å². The zero-order valence-electron chi connectivity index (χ0n) is 15.9. The molecule has 0 saturated carbocycles.